The maximum absolute atomic E-state index is 9.53. The number of guanidine groups is 1. The average molecular weight is 443 g/mol. The van der Waals surface area contributed by atoms with E-state index in [9.17, 15) is 10.4 Å². The van der Waals surface area contributed by atoms with Crippen LogP contribution in [0.5, 0.6) is 5.75 Å². The molecule has 4 rings (SSSR count). The summed E-state index contributed by atoms with van der Waals surface area (Å²) in [7, 11) is 0. The third kappa shape index (κ3) is 5.31. The minimum Gasteiger partial charge on any atom is -0.506 e. The van der Waals surface area contributed by atoms with Crippen molar-refractivity contribution in [2.45, 2.75) is 44.6 Å². The van der Waals surface area contributed by atoms with Crippen LogP contribution in [0.4, 0.5) is 0 Å². The number of phenolic OH excluding ortho intramolecular Hbond substituents is 1. The summed E-state index contributed by atoms with van der Waals surface area (Å²) in [5.41, 5.74) is 7.44. The largest absolute Gasteiger partial charge is 0.506 e. The van der Waals surface area contributed by atoms with Crippen molar-refractivity contribution in [3.05, 3.63) is 28.8 Å². The van der Waals surface area contributed by atoms with Gasteiger partial charge in [-0.05, 0) is 67.6 Å². The molecule has 5 N–H and O–H groups in total. The van der Waals surface area contributed by atoms with Crippen LogP contribution in [-0.4, -0.2) is 42.6 Å². The molecule has 7 nitrogen and oxygen atoms in total. The lowest BCUT2D eigenvalue weighted by atomic mass is 9.65. The number of aliphatic imine (C=N–C) groups is 2. The van der Waals surface area contributed by atoms with Crippen molar-refractivity contribution >= 4 is 23.4 Å². The van der Waals surface area contributed by atoms with E-state index < -0.39 is 0 Å². The Kier molecular flexibility index (Phi) is 6.99. The van der Waals surface area contributed by atoms with Gasteiger partial charge < -0.3 is 21.5 Å². The van der Waals surface area contributed by atoms with E-state index in [0.717, 1.165) is 18.5 Å². The SMILES string of the molecule is N#CC1CN=C(NCCc2ccc(O)c(Cl)c2)N=C1NCC1C[C@H]2CCC[C@@H](C1)[C@@H]2N. The summed E-state index contributed by atoms with van der Waals surface area (Å²) in [5.74, 6) is 2.91. The average Bonchev–Trinajstić information content (AvgIpc) is 2.75. The summed E-state index contributed by atoms with van der Waals surface area (Å²) in [5, 5.41) is 26.1. The van der Waals surface area contributed by atoms with E-state index in [1.54, 1.807) is 12.1 Å². The van der Waals surface area contributed by atoms with Crippen molar-refractivity contribution < 1.29 is 5.11 Å². The maximum Gasteiger partial charge on any atom is 0.219 e. The number of hydrogen-bond acceptors (Lipinski definition) is 7. The predicted octanol–water partition coefficient (Wildman–Crippen LogP) is 2.83. The van der Waals surface area contributed by atoms with Gasteiger partial charge in [0, 0.05) is 19.1 Å². The van der Waals surface area contributed by atoms with Crippen molar-refractivity contribution in [1.29, 1.82) is 5.26 Å². The zero-order valence-electron chi connectivity index (χ0n) is 17.7. The molecule has 2 aliphatic carbocycles. The molecule has 0 spiro atoms. The summed E-state index contributed by atoms with van der Waals surface area (Å²) < 4.78 is 0. The van der Waals surface area contributed by atoms with Crippen molar-refractivity contribution in [2.75, 3.05) is 19.6 Å². The molecule has 0 amide bonds. The molecular weight excluding hydrogens is 412 g/mol. The van der Waals surface area contributed by atoms with Crippen LogP contribution < -0.4 is 16.4 Å². The highest BCUT2D eigenvalue weighted by atomic mass is 35.5. The Labute approximate surface area is 188 Å². The Morgan fingerprint density at radius 1 is 1.23 bits per heavy atom. The van der Waals surface area contributed by atoms with E-state index in [1.807, 2.05) is 6.07 Å². The molecule has 2 saturated carbocycles. The Balaban J connectivity index is 1.30. The van der Waals surface area contributed by atoms with Gasteiger partial charge in [0.2, 0.25) is 5.96 Å². The van der Waals surface area contributed by atoms with Crippen LogP contribution in [0, 0.1) is 35.0 Å². The first-order valence-corrected chi connectivity index (χ1v) is 11.6. The first-order chi connectivity index (χ1) is 15.0. The second kappa shape index (κ2) is 9.88. The molecule has 5 atom stereocenters. The minimum absolute atomic E-state index is 0.0847. The van der Waals surface area contributed by atoms with Crippen molar-refractivity contribution in [1.82, 2.24) is 10.6 Å². The number of halogens is 1. The number of aromatic hydroxyl groups is 1. The molecule has 1 heterocycles. The molecule has 31 heavy (non-hydrogen) atoms. The lowest BCUT2D eigenvalue weighted by molar-refractivity contribution is 0.108. The number of phenols is 1. The number of hydrogen-bond donors (Lipinski definition) is 4. The molecule has 1 aromatic rings. The van der Waals surface area contributed by atoms with E-state index >= 15 is 0 Å². The molecule has 3 aliphatic rings. The smallest absolute Gasteiger partial charge is 0.219 e. The molecule has 2 bridgehead atoms. The molecule has 2 fully saturated rings. The Morgan fingerprint density at radius 3 is 2.71 bits per heavy atom. The van der Waals surface area contributed by atoms with Gasteiger partial charge in [-0.1, -0.05) is 24.1 Å². The van der Waals surface area contributed by atoms with Crippen molar-refractivity contribution in [3.8, 4) is 11.8 Å². The number of fused-ring (bicyclic) bond motifs is 2. The van der Waals surface area contributed by atoms with Gasteiger partial charge in [0.25, 0.3) is 0 Å². The summed E-state index contributed by atoms with van der Waals surface area (Å²) in [6.45, 7) is 1.89. The number of benzene rings is 1. The normalized spacial score (nSPS) is 30.0. The first-order valence-electron chi connectivity index (χ1n) is 11.3. The number of nitrogens with zero attached hydrogens (tertiary/aromatic N) is 3. The fourth-order valence-electron chi connectivity index (χ4n) is 5.21. The highest BCUT2D eigenvalue weighted by Crippen LogP contribution is 2.41. The summed E-state index contributed by atoms with van der Waals surface area (Å²) in [6, 6.07) is 7.89. The van der Waals surface area contributed by atoms with Crippen LogP contribution in [0.25, 0.3) is 0 Å². The second-order valence-electron chi connectivity index (χ2n) is 9.05. The lowest BCUT2D eigenvalue weighted by Crippen LogP contribution is -2.48. The summed E-state index contributed by atoms with van der Waals surface area (Å²) in [6.07, 6.45) is 6.89. The van der Waals surface area contributed by atoms with Gasteiger partial charge in [-0.15, -0.1) is 0 Å². The Morgan fingerprint density at radius 2 is 2.00 bits per heavy atom. The fraction of sp³-hybridized carbons (Fsp3) is 0.609. The summed E-state index contributed by atoms with van der Waals surface area (Å²) in [4.78, 5) is 9.02. The second-order valence-corrected chi connectivity index (χ2v) is 9.46. The number of amidine groups is 1. The molecular formula is C23H31ClN6O. The number of nitrogens with one attached hydrogen (secondary N) is 2. The van der Waals surface area contributed by atoms with Gasteiger partial charge >= 0.3 is 0 Å². The van der Waals surface area contributed by atoms with Gasteiger partial charge in [-0.3, -0.25) is 0 Å². The molecule has 0 radical (unpaired) electrons. The topological polar surface area (TPSA) is 119 Å². The van der Waals surface area contributed by atoms with Gasteiger partial charge in [-0.25, -0.2) is 4.99 Å². The molecule has 166 valence electrons. The number of nitriles is 1. The number of nitrogens with two attached hydrogens (primary N) is 1. The van der Waals surface area contributed by atoms with E-state index in [2.05, 4.69) is 26.7 Å². The van der Waals surface area contributed by atoms with Gasteiger partial charge in [0.1, 0.15) is 17.5 Å². The quantitative estimate of drug-likeness (QED) is 0.559. The Bertz CT molecular complexity index is 881. The van der Waals surface area contributed by atoms with Crippen LogP contribution in [0.2, 0.25) is 5.02 Å². The van der Waals surface area contributed by atoms with E-state index in [4.69, 9.17) is 17.3 Å². The van der Waals surface area contributed by atoms with Crippen LogP contribution >= 0.6 is 11.6 Å². The zero-order valence-corrected chi connectivity index (χ0v) is 18.5. The standard InChI is InChI=1S/C23H31ClN6O/c24-19-10-14(4-5-20(19)31)6-7-27-23-29-13-18(11-25)22(30-23)28-12-15-8-16-2-1-3-17(9-15)21(16)26/h4-5,10,15-18,21,31H,1-3,6-9,12-13,26H2,(H2,27,28,29,30)/t15?,16-,17+,18?,21-. The van der Waals surface area contributed by atoms with Gasteiger partial charge in [-0.2, -0.15) is 10.3 Å². The number of rotatable bonds is 5. The van der Waals surface area contributed by atoms with Crippen molar-refractivity contribution in [2.24, 2.45) is 39.4 Å². The Hall–Kier alpha value is -2.30. The highest BCUT2D eigenvalue weighted by molar-refractivity contribution is 6.32. The van der Waals surface area contributed by atoms with Gasteiger partial charge in [0.05, 0.1) is 17.6 Å². The predicted molar refractivity (Wildman–Crippen MR) is 123 cm³/mol. The molecule has 0 aromatic heterocycles. The van der Waals surface area contributed by atoms with Crippen LogP contribution in [0.15, 0.2) is 28.2 Å². The zero-order chi connectivity index (χ0) is 21.8. The van der Waals surface area contributed by atoms with Crippen LogP contribution in [0.3, 0.4) is 0 Å². The monoisotopic (exact) mass is 442 g/mol. The highest BCUT2D eigenvalue weighted by Gasteiger charge is 2.38. The minimum atomic E-state index is -0.327. The summed E-state index contributed by atoms with van der Waals surface area (Å²) >= 11 is 5.97. The maximum atomic E-state index is 9.53. The van der Waals surface area contributed by atoms with Crippen molar-refractivity contribution in [3.63, 3.8) is 0 Å². The molecule has 8 heteroatoms. The fourth-order valence-corrected chi connectivity index (χ4v) is 5.41. The molecule has 0 saturated heterocycles. The van der Waals surface area contributed by atoms with E-state index in [-0.39, 0.29) is 11.7 Å². The van der Waals surface area contributed by atoms with Crippen LogP contribution in [0.1, 0.15) is 37.7 Å². The van der Waals surface area contributed by atoms with E-state index in [0.29, 0.717) is 53.7 Å². The van der Waals surface area contributed by atoms with Gasteiger partial charge in [0.15, 0.2) is 0 Å². The molecule has 2 unspecified atom stereocenters. The lowest BCUT2D eigenvalue weighted by Gasteiger charge is -2.44. The third-order valence-corrected chi connectivity index (χ3v) is 7.23. The molecule has 1 aliphatic heterocycles. The van der Waals surface area contributed by atoms with Crippen LogP contribution in [-0.2, 0) is 6.42 Å². The molecule has 1 aromatic carbocycles. The first kappa shape index (κ1) is 21.9. The third-order valence-electron chi connectivity index (χ3n) is 6.93. The van der Waals surface area contributed by atoms with E-state index in [1.165, 1.54) is 32.1 Å².